The molecule has 0 saturated heterocycles. The second kappa shape index (κ2) is 9.87. The molecule has 0 heterocycles. The summed E-state index contributed by atoms with van der Waals surface area (Å²) in [4.78, 5) is 15.1. The van der Waals surface area contributed by atoms with Gasteiger partial charge in [-0.2, -0.15) is 0 Å². The van der Waals surface area contributed by atoms with Gasteiger partial charge in [0.05, 0.1) is 34.1 Å². The molecule has 0 aliphatic carbocycles. The van der Waals surface area contributed by atoms with Crippen molar-refractivity contribution in [3.8, 4) is 23.0 Å². The van der Waals surface area contributed by atoms with Gasteiger partial charge in [0.15, 0.2) is 17.3 Å². The minimum Gasteiger partial charge on any atom is -0.497 e. The Morgan fingerprint density at radius 3 is 2.14 bits per heavy atom. The van der Waals surface area contributed by atoms with Crippen LogP contribution in [0, 0.1) is 0 Å². The highest BCUT2D eigenvalue weighted by atomic mass is 16.5. The minimum absolute atomic E-state index is 0.0536. The highest BCUT2D eigenvalue weighted by Gasteiger charge is 2.17. The summed E-state index contributed by atoms with van der Waals surface area (Å²) in [7, 11) is 10.2. The van der Waals surface area contributed by atoms with Crippen molar-refractivity contribution in [2.45, 2.75) is 13.3 Å². The van der Waals surface area contributed by atoms with Gasteiger partial charge < -0.3 is 23.8 Å². The number of methoxy groups -OCH3 is 4. The van der Waals surface area contributed by atoms with Gasteiger partial charge >= 0.3 is 0 Å². The monoisotopic (exact) mass is 399 g/mol. The number of ketones is 1. The van der Waals surface area contributed by atoms with E-state index >= 15 is 0 Å². The van der Waals surface area contributed by atoms with Gasteiger partial charge in [-0.25, -0.2) is 0 Å². The van der Waals surface area contributed by atoms with Gasteiger partial charge in [-0.15, -0.1) is 0 Å². The molecule has 0 aliphatic rings. The Hall–Kier alpha value is -3.15. The Labute approximate surface area is 172 Å². The average Bonchev–Trinajstić information content (AvgIpc) is 2.75. The molecule has 0 aliphatic heterocycles. The van der Waals surface area contributed by atoms with Crippen LogP contribution in [0.3, 0.4) is 0 Å². The number of hydrogen-bond acceptors (Lipinski definition) is 6. The molecule has 0 unspecified atom stereocenters. The number of ether oxygens (including phenoxy) is 4. The van der Waals surface area contributed by atoms with E-state index in [1.807, 2.05) is 50.2 Å². The molecule has 0 fully saturated rings. The summed E-state index contributed by atoms with van der Waals surface area (Å²) in [6.07, 6.45) is 2.39. The smallest absolute Gasteiger partial charge is 0.189 e. The van der Waals surface area contributed by atoms with Crippen molar-refractivity contribution < 1.29 is 23.7 Å². The summed E-state index contributed by atoms with van der Waals surface area (Å²) in [5.41, 5.74) is 2.80. The first-order valence-corrected chi connectivity index (χ1v) is 9.30. The Balaban J connectivity index is 2.55. The molecule has 0 bridgehead atoms. The van der Waals surface area contributed by atoms with Crippen molar-refractivity contribution in [2.75, 3.05) is 47.4 Å². The van der Waals surface area contributed by atoms with Crippen molar-refractivity contribution in [2.24, 2.45) is 0 Å². The van der Waals surface area contributed by atoms with Crippen LogP contribution in [0.1, 0.15) is 29.3 Å². The summed E-state index contributed by atoms with van der Waals surface area (Å²) in [6.45, 7) is 1.95. The highest BCUT2D eigenvalue weighted by Crippen LogP contribution is 2.37. The Kier molecular flexibility index (Phi) is 7.53. The number of hydrogen-bond donors (Lipinski definition) is 0. The van der Waals surface area contributed by atoms with Crippen molar-refractivity contribution in [1.29, 1.82) is 0 Å². The van der Waals surface area contributed by atoms with Crippen LogP contribution in [0.15, 0.2) is 35.9 Å². The predicted molar refractivity (Wildman–Crippen MR) is 116 cm³/mol. The topological polar surface area (TPSA) is 57.2 Å². The zero-order chi connectivity index (χ0) is 21.6. The maximum Gasteiger partial charge on any atom is 0.189 e. The molecule has 0 radical (unpaired) electrons. The van der Waals surface area contributed by atoms with Crippen molar-refractivity contribution in [1.82, 2.24) is 0 Å². The maximum absolute atomic E-state index is 13.2. The summed E-state index contributed by atoms with van der Waals surface area (Å²) in [5, 5.41) is 0. The van der Waals surface area contributed by atoms with Crippen LogP contribution in [-0.4, -0.2) is 48.3 Å². The van der Waals surface area contributed by atoms with E-state index in [9.17, 15) is 4.79 Å². The Morgan fingerprint density at radius 2 is 1.62 bits per heavy atom. The van der Waals surface area contributed by atoms with Crippen molar-refractivity contribution in [3.63, 3.8) is 0 Å². The standard InChI is InChI=1S/C23H29NO5/c1-8-15(11-17-12-18(26-4)14-21(28-6)23(17)29-7)22(25)16-9-10-20(27-5)19(13-16)24(2)3/h9-14H,8H2,1-7H3. The first-order valence-electron chi connectivity index (χ1n) is 9.30. The number of rotatable bonds is 9. The van der Waals surface area contributed by atoms with E-state index in [-0.39, 0.29) is 5.78 Å². The molecule has 29 heavy (non-hydrogen) atoms. The number of nitrogens with zero attached hydrogens (tertiary/aromatic N) is 1. The van der Waals surface area contributed by atoms with Crippen LogP contribution in [0.4, 0.5) is 5.69 Å². The third-order valence-corrected chi connectivity index (χ3v) is 4.64. The molecule has 156 valence electrons. The molecule has 0 amide bonds. The van der Waals surface area contributed by atoms with Gasteiger partial charge in [0.25, 0.3) is 0 Å². The largest absolute Gasteiger partial charge is 0.497 e. The molecular formula is C23H29NO5. The summed E-state index contributed by atoms with van der Waals surface area (Å²) >= 11 is 0. The van der Waals surface area contributed by atoms with Crippen LogP contribution in [0.25, 0.3) is 6.08 Å². The van der Waals surface area contributed by atoms with Crippen LogP contribution in [0.5, 0.6) is 23.0 Å². The number of carbonyl (C=O) groups is 1. The van der Waals surface area contributed by atoms with Gasteiger partial charge in [0.1, 0.15) is 11.5 Å². The molecule has 0 spiro atoms. The van der Waals surface area contributed by atoms with Gasteiger partial charge in [0, 0.05) is 36.9 Å². The fourth-order valence-corrected chi connectivity index (χ4v) is 3.07. The number of carbonyl (C=O) groups excluding carboxylic acids is 1. The maximum atomic E-state index is 13.2. The van der Waals surface area contributed by atoms with E-state index in [2.05, 4.69) is 0 Å². The Morgan fingerprint density at radius 1 is 0.931 bits per heavy atom. The first kappa shape index (κ1) is 22.1. The number of benzene rings is 2. The van der Waals surface area contributed by atoms with Crippen LogP contribution < -0.4 is 23.8 Å². The summed E-state index contributed by atoms with van der Waals surface area (Å²) in [6, 6.07) is 9.00. The van der Waals surface area contributed by atoms with Crippen molar-refractivity contribution in [3.05, 3.63) is 47.0 Å². The molecule has 2 rings (SSSR count). The molecule has 0 atom stereocenters. The van der Waals surface area contributed by atoms with Crippen LogP contribution in [0.2, 0.25) is 0 Å². The zero-order valence-corrected chi connectivity index (χ0v) is 18.2. The van der Waals surface area contributed by atoms with Gasteiger partial charge in [-0.1, -0.05) is 6.92 Å². The third-order valence-electron chi connectivity index (χ3n) is 4.64. The SMILES string of the molecule is CCC(=Cc1cc(OC)cc(OC)c1OC)C(=O)c1ccc(OC)c(N(C)C)c1. The van der Waals surface area contributed by atoms with Crippen molar-refractivity contribution >= 4 is 17.5 Å². The van der Waals surface area contributed by atoms with E-state index in [1.165, 1.54) is 0 Å². The van der Waals surface area contributed by atoms with E-state index in [1.54, 1.807) is 40.6 Å². The molecule has 6 nitrogen and oxygen atoms in total. The first-order chi connectivity index (χ1) is 13.9. The summed E-state index contributed by atoms with van der Waals surface area (Å²) in [5.74, 6) is 2.38. The van der Waals surface area contributed by atoms with E-state index in [0.29, 0.717) is 40.6 Å². The zero-order valence-electron chi connectivity index (χ0n) is 18.2. The second-order valence-corrected chi connectivity index (χ2v) is 6.59. The lowest BCUT2D eigenvalue weighted by Crippen LogP contribution is -2.12. The van der Waals surface area contributed by atoms with Crippen LogP contribution in [-0.2, 0) is 0 Å². The lowest BCUT2D eigenvalue weighted by molar-refractivity contribution is 0.103. The normalized spacial score (nSPS) is 11.1. The van der Waals surface area contributed by atoms with E-state index < -0.39 is 0 Å². The summed E-state index contributed by atoms with van der Waals surface area (Å²) < 4.78 is 21.7. The lowest BCUT2D eigenvalue weighted by Gasteiger charge is -2.18. The predicted octanol–water partition coefficient (Wildman–Crippen LogP) is 4.46. The molecule has 2 aromatic rings. The minimum atomic E-state index is -0.0536. The molecule has 0 N–H and O–H groups in total. The molecule has 2 aromatic carbocycles. The average molecular weight is 399 g/mol. The Bertz CT molecular complexity index is 902. The molecule has 6 heteroatoms. The third kappa shape index (κ3) is 4.83. The van der Waals surface area contributed by atoms with Gasteiger partial charge in [0.2, 0.25) is 0 Å². The second-order valence-electron chi connectivity index (χ2n) is 6.59. The van der Waals surface area contributed by atoms with E-state index in [4.69, 9.17) is 18.9 Å². The number of allylic oxidation sites excluding steroid dienone is 1. The molecule has 0 aromatic heterocycles. The number of Topliss-reactive ketones (excluding diaryl/α,β-unsaturated/α-hetero) is 1. The highest BCUT2D eigenvalue weighted by molar-refractivity contribution is 6.12. The number of anilines is 1. The fraction of sp³-hybridized carbons (Fsp3) is 0.348. The van der Waals surface area contributed by atoms with Gasteiger partial charge in [-0.05, 0) is 36.8 Å². The molecule has 0 saturated carbocycles. The fourth-order valence-electron chi connectivity index (χ4n) is 3.07. The van der Waals surface area contributed by atoms with E-state index in [0.717, 1.165) is 11.3 Å². The lowest BCUT2D eigenvalue weighted by atomic mass is 9.97. The molecular weight excluding hydrogens is 370 g/mol. The van der Waals surface area contributed by atoms with Crippen LogP contribution >= 0.6 is 0 Å². The quantitative estimate of drug-likeness (QED) is 0.458. The van der Waals surface area contributed by atoms with Gasteiger partial charge in [-0.3, -0.25) is 4.79 Å².